The Morgan fingerprint density at radius 3 is 2.41 bits per heavy atom. The number of hydrogen-bond acceptors (Lipinski definition) is 6. The van der Waals surface area contributed by atoms with E-state index in [0.29, 0.717) is 5.75 Å². The van der Waals surface area contributed by atoms with E-state index in [2.05, 4.69) is 10.1 Å². The molecule has 0 aliphatic heterocycles. The summed E-state index contributed by atoms with van der Waals surface area (Å²) < 4.78 is 35.6. The van der Waals surface area contributed by atoms with Crippen molar-refractivity contribution in [3.63, 3.8) is 0 Å². The van der Waals surface area contributed by atoms with Crippen LogP contribution < -0.4 is 14.4 Å². The van der Waals surface area contributed by atoms with Gasteiger partial charge in [-0.15, -0.1) is 0 Å². The molecular formula is C19H21ClN2O6S. The van der Waals surface area contributed by atoms with E-state index >= 15 is 0 Å². The van der Waals surface area contributed by atoms with Crippen molar-refractivity contribution in [2.24, 2.45) is 0 Å². The van der Waals surface area contributed by atoms with Gasteiger partial charge in [-0.3, -0.25) is 9.10 Å². The summed E-state index contributed by atoms with van der Waals surface area (Å²) in [6, 6.07) is 9.47. The molecule has 0 aliphatic carbocycles. The lowest BCUT2D eigenvalue weighted by atomic mass is 10.2. The second-order valence-electron chi connectivity index (χ2n) is 6.11. The number of anilines is 2. The van der Waals surface area contributed by atoms with Crippen molar-refractivity contribution < 1.29 is 27.5 Å². The lowest BCUT2D eigenvalue weighted by molar-refractivity contribution is -0.116. The van der Waals surface area contributed by atoms with Crippen LogP contribution in [0.1, 0.15) is 17.3 Å². The van der Waals surface area contributed by atoms with Crippen LogP contribution in [0.5, 0.6) is 5.75 Å². The molecule has 0 aromatic heterocycles. The van der Waals surface area contributed by atoms with Crippen LogP contribution in [0.2, 0.25) is 5.02 Å². The zero-order valence-corrected chi connectivity index (χ0v) is 17.9. The molecule has 2 aromatic rings. The van der Waals surface area contributed by atoms with Crippen LogP contribution in [0, 0.1) is 0 Å². The topological polar surface area (TPSA) is 102 Å². The van der Waals surface area contributed by atoms with Gasteiger partial charge < -0.3 is 14.8 Å². The maximum Gasteiger partial charge on any atom is 0.337 e. The summed E-state index contributed by atoms with van der Waals surface area (Å²) in [5.74, 6) is -0.793. The van der Waals surface area contributed by atoms with Crippen molar-refractivity contribution in [3.8, 4) is 5.75 Å². The molecule has 0 saturated heterocycles. The smallest absolute Gasteiger partial charge is 0.337 e. The molecule has 0 fully saturated rings. The van der Waals surface area contributed by atoms with Crippen LogP contribution >= 0.6 is 11.6 Å². The molecule has 156 valence electrons. The molecule has 0 unspecified atom stereocenters. The number of methoxy groups -OCH3 is 2. The minimum atomic E-state index is -3.81. The Hall–Kier alpha value is -2.78. The van der Waals surface area contributed by atoms with Gasteiger partial charge in [-0.2, -0.15) is 0 Å². The number of sulfonamides is 1. The molecule has 1 amide bonds. The summed E-state index contributed by atoms with van der Waals surface area (Å²) in [5.41, 5.74) is 0.613. The highest BCUT2D eigenvalue weighted by Crippen LogP contribution is 2.27. The van der Waals surface area contributed by atoms with Gasteiger partial charge in [-0.25, -0.2) is 13.2 Å². The van der Waals surface area contributed by atoms with E-state index in [1.54, 1.807) is 18.2 Å². The number of halogens is 1. The van der Waals surface area contributed by atoms with Crippen LogP contribution in [0.25, 0.3) is 0 Å². The number of amides is 1. The van der Waals surface area contributed by atoms with Crippen molar-refractivity contribution in [1.82, 2.24) is 0 Å². The summed E-state index contributed by atoms with van der Waals surface area (Å²) in [6.45, 7) is 1.44. The molecular weight excluding hydrogens is 420 g/mol. The highest BCUT2D eigenvalue weighted by atomic mass is 35.5. The first kappa shape index (κ1) is 22.5. The first-order valence-electron chi connectivity index (χ1n) is 8.40. The lowest BCUT2D eigenvalue weighted by Crippen LogP contribution is -2.45. The van der Waals surface area contributed by atoms with Crippen molar-refractivity contribution in [2.45, 2.75) is 13.0 Å². The van der Waals surface area contributed by atoms with Crippen LogP contribution in [0.3, 0.4) is 0 Å². The molecule has 0 aliphatic rings. The summed E-state index contributed by atoms with van der Waals surface area (Å²) >= 11 is 6.10. The molecule has 10 heteroatoms. The number of nitrogens with one attached hydrogen (secondary N) is 1. The van der Waals surface area contributed by atoms with Gasteiger partial charge in [0.2, 0.25) is 15.9 Å². The third-order valence-corrected chi connectivity index (χ3v) is 5.61. The molecule has 0 spiro atoms. The number of rotatable bonds is 7. The van der Waals surface area contributed by atoms with Crippen LogP contribution in [0.15, 0.2) is 42.5 Å². The van der Waals surface area contributed by atoms with Gasteiger partial charge in [0.25, 0.3) is 0 Å². The molecule has 2 rings (SSSR count). The maximum atomic E-state index is 12.8. The fourth-order valence-corrected chi connectivity index (χ4v) is 3.99. The Balaban J connectivity index is 2.36. The third-order valence-electron chi connectivity index (χ3n) is 4.04. The second-order valence-corrected chi connectivity index (χ2v) is 8.38. The van der Waals surface area contributed by atoms with Gasteiger partial charge in [0, 0.05) is 6.07 Å². The van der Waals surface area contributed by atoms with Gasteiger partial charge in [-0.05, 0) is 37.3 Å². The minimum absolute atomic E-state index is 0.158. The number of esters is 1. The number of hydrogen-bond donors (Lipinski definition) is 1. The van der Waals surface area contributed by atoms with Crippen LogP contribution in [-0.2, 0) is 19.6 Å². The molecule has 1 N–H and O–H groups in total. The quantitative estimate of drug-likeness (QED) is 0.664. The summed E-state index contributed by atoms with van der Waals surface area (Å²) in [7, 11) is -1.12. The SMILES string of the molecule is COC(=O)c1ccc(Cl)c(NC(=O)[C@@H](C)N(c2cccc(OC)c2)S(C)(=O)=O)c1. The number of nitrogens with zero attached hydrogens (tertiary/aromatic N) is 1. The number of ether oxygens (including phenoxy) is 2. The summed E-state index contributed by atoms with van der Waals surface area (Å²) in [5, 5.41) is 2.75. The summed E-state index contributed by atoms with van der Waals surface area (Å²) in [6.07, 6.45) is 1.00. The highest BCUT2D eigenvalue weighted by Gasteiger charge is 2.30. The normalized spacial score (nSPS) is 12.0. The molecule has 0 saturated carbocycles. The monoisotopic (exact) mass is 440 g/mol. The number of carbonyl (C=O) groups is 2. The zero-order chi connectivity index (χ0) is 21.8. The maximum absolute atomic E-state index is 12.8. The zero-order valence-electron chi connectivity index (χ0n) is 16.3. The molecule has 1 atom stereocenters. The van der Waals surface area contributed by atoms with Crippen LogP contribution in [0.4, 0.5) is 11.4 Å². The Morgan fingerprint density at radius 1 is 1.14 bits per heavy atom. The predicted molar refractivity (Wildman–Crippen MR) is 111 cm³/mol. The van der Waals surface area contributed by atoms with E-state index in [4.69, 9.17) is 16.3 Å². The number of carbonyl (C=O) groups excluding carboxylic acids is 2. The van der Waals surface area contributed by atoms with Gasteiger partial charge >= 0.3 is 5.97 Å². The van der Waals surface area contributed by atoms with E-state index in [9.17, 15) is 18.0 Å². The Labute approximate surface area is 174 Å². The van der Waals surface area contributed by atoms with Gasteiger partial charge in [-0.1, -0.05) is 17.7 Å². The number of benzene rings is 2. The first-order chi connectivity index (χ1) is 13.6. The fraction of sp³-hybridized carbons (Fsp3) is 0.263. The van der Waals surface area contributed by atoms with E-state index in [0.717, 1.165) is 10.6 Å². The van der Waals surface area contributed by atoms with Crippen molar-refractivity contribution in [2.75, 3.05) is 30.1 Å². The Morgan fingerprint density at radius 2 is 1.83 bits per heavy atom. The Bertz CT molecular complexity index is 1030. The molecule has 0 bridgehead atoms. The van der Waals surface area contributed by atoms with E-state index < -0.39 is 27.9 Å². The average Bonchev–Trinajstić information content (AvgIpc) is 2.68. The molecule has 0 radical (unpaired) electrons. The van der Waals surface area contributed by atoms with Gasteiger partial charge in [0.05, 0.1) is 42.4 Å². The van der Waals surface area contributed by atoms with Crippen molar-refractivity contribution in [1.29, 1.82) is 0 Å². The average molecular weight is 441 g/mol. The first-order valence-corrected chi connectivity index (χ1v) is 10.6. The predicted octanol–water partition coefficient (Wildman–Crippen LogP) is 2.93. The highest BCUT2D eigenvalue weighted by molar-refractivity contribution is 7.92. The Kier molecular flexibility index (Phi) is 7.10. The molecule has 2 aromatic carbocycles. The van der Waals surface area contributed by atoms with Gasteiger partial charge in [0.1, 0.15) is 11.8 Å². The largest absolute Gasteiger partial charge is 0.497 e. The van der Waals surface area contributed by atoms with E-state index in [1.807, 2.05) is 0 Å². The van der Waals surface area contributed by atoms with Crippen molar-refractivity contribution in [3.05, 3.63) is 53.1 Å². The minimum Gasteiger partial charge on any atom is -0.497 e. The standard InChI is InChI=1S/C19H21ClN2O6S/c1-12(22(29(4,25)26)14-6-5-7-15(11-14)27-2)18(23)21-17-10-13(19(24)28-3)8-9-16(17)20/h5-12H,1-4H3,(H,21,23)/t12-/m1/s1. The van der Waals surface area contributed by atoms with Gasteiger partial charge in [0.15, 0.2) is 0 Å². The van der Waals surface area contributed by atoms with Crippen molar-refractivity contribution >= 4 is 44.9 Å². The van der Waals surface area contributed by atoms with E-state index in [-0.39, 0.29) is 22.0 Å². The third kappa shape index (κ3) is 5.39. The van der Waals surface area contributed by atoms with E-state index in [1.165, 1.54) is 45.4 Å². The molecule has 29 heavy (non-hydrogen) atoms. The molecule has 8 nitrogen and oxygen atoms in total. The fourth-order valence-electron chi connectivity index (χ4n) is 2.66. The molecule has 0 heterocycles. The van der Waals surface area contributed by atoms with Crippen LogP contribution in [-0.4, -0.2) is 46.8 Å². The second kappa shape index (κ2) is 9.15. The summed E-state index contributed by atoms with van der Waals surface area (Å²) in [4.78, 5) is 24.5. The lowest BCUT2D eigenvalue weighted by Gasteiger charge is -2.28.